The predicted octanol–water partition coefficient (Wildman–Crippen LogP) is 3.63. The van der Waals surface area contributed by atoms with Gasteiger partial charge in [0.05, 0.1) is 11.2 Å². The minimum Gasteiger partial charge on any atom is -0.317 e. The Bertz CT molecular complexity index is 410. The molecular weight excluding hydrogens is 278 g/mol. The zero-order valence-corrected chi connectivity index (χ0v) is 15.0. The Hall–Kier alpha value is -0.450. The van der Waals surface area contributed by atoms with Gasteiger partial charge in [-0.25, -0.2) is 4.98 Å². The second-order valence-corrected chi connectivity index (χ2v) is 8.43. The van der Waals surface area contributed by atoms with Gasteiger partial charge in [0.15, 0.2) is 0 Å². The number of hydrogen-bond donors (Lipinski definition) is 1. The summed E-state index contributed by atoms with van der Waals surface area (Å²) in [5.41, 5.74) is 3.56. The standard InChI is InChI=1S/C17H31N3S/c1-17(2,3)14-6-7-16(18-4)13(8-14)9-20(5)10-15-11-21-12-19-15/h11-14,16,18H,6-10H2,1-5H3. The molecule has 0 bridgehead atoms. The van der Waals surface area contributed by atoms with Crippen molar-refractivity contribution < 1.29 is 0 Å². The van der Waals surface area contributed by atoms with Gasteiger partial charge in [0.1, 0.15) is 0 Å². The van der Waals surface area contributed by atoms with Gasteiger partial charge in [-0.3, -0.25) is 0 Å². The quantitative estimate of drug-likeness (QED) is 0.900. The van der Waals surface area contributed by atoms with Crippen LogP contribution in [0.5, 0.6) is 0 Å². The van der Waals surface area contributed by atoms with Crippen molar-refractivity contribution in [3.8, 4) is 0 Å². The molecule has 1 N–H and O–H groups in total. The fourth-order valence-electron chi connectivity index (χ4n) is 3.69. The van der Waals surface area contributed by atoms with E-state index in [2.05, 4.69) is 55.4 Å². The molecule has 120 valence electrons. The molecule has 1 fully saturated rings. The summed E-state index contributed by atoms with van der Waals surface area (Å²) in [5, 5.41) is 5.71. The maximum atomic E-state index is 4.40. The lowest BCUT2D eigenvalue weighted by atomic mass is 9.67. The number of nitrogens with zero attached hydrogens (tertiary/aromatic N) is 2. The third-order valence-electron chi connectivity index (χ3n) is 5.04. The summed E-state index contributed by atoms with van der Waals surface area (Å²) < 4.78 is 0. The predicted molar refractivity (Wildman–Crippen MR) is 91.6 cm³/mol. The number of rotatable bonds is 5. The number of hydrogen-bond acceptors (Lipinski definition) is 4. The number of thiazole rings is 1. The van der Waals surface area contributed by atoms with Crippen LogP contribution >= 0.6 is 11.3 Å². The molecule has 1 aromatic heterocycles. The van der Waals surface area contributed by atoms with Crippen molar-refractivity contribution in [2.24, 2.45) is 17.3 Å². The molecule has 3 nitrogen and oxygen atoms in total. The van der Waals surface area contributed by atoms with Gasteiger partial charge in [0.2, 0.25) is 0 Å². The van der Waals surface area contributed by atoms with Gasteiger partial charge in [-0.2, -0.15) is 0 Å². The monoisotopic (exact) mass is 309 g/mol. The van der Waals surface area contributed by atoms with Gasteiger partial charge in [-0.1, -0.05) is 20.8 Å². The average Bonchev–Trinajstić information content (AvgIpc) is 2.90. The zero-order valence-electron chi connectivity index (χ0n) is 14.2. The molecule has 3 atom stereocenters. The van der Waals surface area contributed by atoms with Crippen molar-refractivity contribution in [3.63, 3.8) is 0 Å². The smallest absolute Gasteiger partial charge is 0.0795 e. The molecule has 1 aliphatic rings. The van der Waals surface area contributed by atoms with E-state index in [0.29, 0.717) is 11.5 Å². The van der Waals surface area contributed by atoms with Crippen molar-refractivity contribution in [1.82, 2.24) is 15.2 Å². The summed E-state index contributed by atoms with van der Waals surface area (Å²) in [6.45, 7) is 9.32. The molecule has 2 rings (SSSR count). The maximum Gasteiger partial charge on any atom is 0.0795 e. The second kappa shape index (κ2) is 7.21. The summed E-state index contributed by atoms with van der Waals surface area (Å²) in [5.74, 6) is 1.59. The second-order valence-electron chi connectivity index (χ2n) is 7.71. The fourth-order valence-corrected chi connectivity index (χ4v) is 4.24. The van der Waals surface area contributed by atoms with Gasteiger partial charge >= 0.3 is 0 Å². The summed E-state index contributed by atoms with van der Waals surface area (Å²) in [6, 6.07) is 0.668. The molecule has 1 aliphatic carbocycles. The molecule has 0 amide bonds. The van der Waals surface area contributed by atoms with Crippen molar-refractivity contribution in [2.45, 2.75) is 52.6 Å². The lowest BCUT2D eigenvalue weighted by Crippen LogP contribution is -2.45. The van der Waals surface area contributed by atoms with Crippen LogP contribution in [0.15, 0.2) is 10.9 Å². The third-order valence-corrected chi connectivity index (χ3v) is 5.67. The van der Waals surface area contributed by atoms with Crippen molar-refractivity contribution in [2.75, 3.05) is 20.6 Å². The van der Waals surface area contributed by atoms with E-state index in [1.165, 1.54) is 25.0 Å². The van der Waals surface area contributed by atoms with E-state index in [1.807, 2.05) is 5.51 Å². The van der Waals surface area contributed by atoms with Crippen LogP contribution < -0.4 is 5.32 Å². The summed E-state index contributed by atoms with van der Waals surface area (Å²) in [6.07, 6.45) is 4.02. The molecule has 0 aromatic carbocycles. The SMILES string of the molecule is CNC1CCC(C(C)(C)C)CC1CN(C)Cc1cscn1. The Morgan fingerprint density at radius 1 is 1.38 bits per heavy atom. The molecule has 4 heteroatoms. The van der Waals surface area contributed by atoms with Crippen LogP contribution in [0, 0.1) is 17.3 Å². The van der Waals surface area contributed by atoms with Gasteiger partial charge in [0.25, 0.3) is 0 Å². The van der Waals surface area contributed by atoms with E-state index in [0.717, 1.165) is 24.9 Å². The fraction of sp³-hybridized carbons (Fsp3) is 0.824. The molecule has 21 heavy (non-hydrogen) atoms. The van der Waals surface area contributed by atoms with Crippen molar-refractivity contribution >= 4 is 11.3 Å². The highest BCUT2D eigenvalue weighted by Crippen LogP contribution is 2.40. The number of aromatic nitrogens is 1. The van der Waals surface area contributed by atoms with Crippen LogP contribution in [0.2, 0.25) is 0 Å². The molecule has 0 spiro atoms. The van der Waals surface area contributed by atoms with Crippen LogP contribution in [-0.2, 0) is 6.54 Å². The highest BCUT2D eigenvalue weighted by atomic mass is 32.1. The highest BCUT2D eigenvalue weighted by molar-refractivity contribution is 7.07. The topological polar surface area (TPSA) is 28.2 Å². The zero-order chi connectivity index (χ0) is 15.5. The first-order valence-corrected chi connectivity index (χ1v) is 9.07. The summed E-state index contributed by atoms with van der Waals surface area (Å²) >= 11 is 1.69. The van der Waals surface area contributed by atoms with Crippen LogP contribution in [0.3, 0.4) is 0 Å². The molecule has 1 aromatic rings. The lowest BCUT2D eigenvalue weighted by molar-refractivity contribution is 0.0943. The Morgan fingerprint density at radius 3 is 2.71 bits per heavy atom. The van der Waals surface area contributed by atoms with Crippen molar-refractivity contribution in [1.29, 1.82) is 0 Å². The van der Waals surface area contributed by atoms with Crippen LogP contribution in [0.1, 0.15) is 45.7 Å². The maximum absolute atomic E-state index is 4.40. The minimum atomic E-state index is 0.435. The van der Waals surface area contributed by atoms with Gasteiger partial charge < -0.3 is 10.2 Å². The summed E-state index contributed by atoms with van der Waals surface area (Å²) in [4.78, 5) is 6.84. The molecule has 0 saturated heterocycles. The van der Waals surface area contributed by atoms with Crippen LogP contribution in [0.25, 0.3) is 0 Å². The molecule has 1 heterocycles. The van der Waals surface area contributed by atoms with Crippen molar-refractivity contribution in [3.05, 3.63) is 16.6 Å². The van der Waals surface area contributed by atoms with E-state index in [9.17, 15) is 0 Å². The summed E-state index contributed by atoms with van der Waals surface area (Å²) in [7, 11) is 4.35. The van der Waals surface area contributed by atoms with Gasteiger partial charge in [-0.15, -0.1) is 11.3 Å². The molecule has 0 radical (unpaired) electrons. The van der Waals surface area contributed by atoms with E-state index in [4.69, 9.17) is 0 Å². The first-order chi connectivity index (χ1) is 9.90. The number of nitrogens with one attached hydrogen (secondary N) is 1. The van der Waals surface area contributed by atoms with Gasteiger partial charge in [0, 0.05) is 24.5 Å². The largest absolute Gasteiger partial charge is 0.317 e. The van der Waals surface area contributed by atoms with Crippen LogP contribution in [0.4, 0.5) is 0 Å². The third kappa shape index (κ3) is 4.76. The Morgan fingerprint density at radius 2 is 2.14 bits per heavy atom. The van der Waals surface area contributed by atoms with E-state index < -0.39 is 0 Å². The Kier molecular flexibility index (Phi) is 5.81. The highest BCUT2D eigenvalue weighted by Gasteiger charge is 2.35. The molecule has 1 saturated carbocycles. The normalized spacial score (nSPS) is 27.2. The first kappa shape index (κ1) is 16.9. The Labute approximate surface area is 134 Å². The first-order valence-electron chi connectivity index (χ1n) is 8.13. The van der Waals surface area contributed by atoms with E-state index in [1.54, 1.807) is 11.3 Å². The molecule has 3 unspecified atom stereocenters. The van der Waals surface area contributed by atoms with Crippen LogP contribution in [-0.4, -0.2) is 36.6 Å². The van der Waals surface area contributed by atoms with E-state index >= 15 is 0 Å². The lowest BCUT2D eigenvalue weighted by Gasteiger charge is -2.43. The van der Waals surface area contributed by atoms with Gasteiger partial charge in [-0.05, 0) is 50.6 Å². The average molecular weight is 310 g/mol. The van der Waals surface area contributed by atoms with E-state index in [-0.39, 0.29) is 0 Å². The molecular formula is C17H31N3S. The minimum absolute atomic E-state index is 0.435. The molecule has 0 aliphatic heterocycles. The Balaban J connectivity index is 1.94.